The van der Waals surface area contributed by atoms with Crippen molar-refractivity contribution in [2.24, 2.45) is 0 Å². The normalized spacial score (nSPS) is 15.4. The second kappa shape index (κ2) is 9.69. The average molecular weight is 499 g/mol. The predicted octanol–water partition coefficient (Wildman–Crippen LogP) is 4.45. The Balaban J connectivity index is 1.29. The molecule has 0 amide bonds. The molecule has 0 unspecified atom stereocenters. The van der Waals surface area contributed by atoms with Crippen molar-refractivity contribution in [1.82, 2.24) is 34.8 Å². The zero-order valence-electron chi connectivity index (χ0n) is 19.7. The summed E-state index contributed by atoms with van der Waals surface area (Å²) in [5.74, 6) is 1.32. The lowest BCUT2D eigenvalue weighted by molar-refractivity contribution is -0.274. The molecule has 0 radical (unpaired) electrons. The summed E-state index contributed by atoms with van der Waals surface area (Å²) in [6.07, 6.45) is -0.730. The molecule has 0 N–H and O–H groups in total. The number of halogens is 3. The van der Waals surface area contributed by atoms with Crippen LogP contribution in [-0.4, -0.2) is 61.3 Å². The molecule has 0 bridgehead atoms. The topological polar surface area (TPSA) is 95.0 Å². The fourth-order valence-corrected chi connectivity index (χ4v) is 4.18. The van der Waals surface area contributed by atoms with E-state index in [4.69, 9.17) is 4.42 Å². The Labute approximate surface area is 204 Å². The number of aromatic nitrogens is 6. The minimum Gasteiger partial charge on any atom is -0.413 e. The molecule has 1 aromatic carbocycles. The molecule has 0 spiro atoms. The maximum atomic E-state index is 12.4. The minimum atomic E-state index is -4.76. The fraction of sp³-hybridized carbons (Fsp3) is 0.375. The molecule has 0 saturated carbocycles. The number of aryl methyl sites for hydroxylation is 1. The lowest BCUT2D eigenvalue weighted by Gasteiger charge is -2.28. The lowest BCUT2D eigenvalue weighted by Crippen LogP contribution is -2.29. The van der Waals surface area contributed by atoms with Gasteiger partial charge in [0, 0.05) is 23.4 Å². The second-order valence-electron chi connectivity index (χ2n) is 8.79. The third-order valence-electron chi connectivity index (χ3n) is 6.12. The van der Waals surface area contributed by atoms with Gasteiger partial charge in [-0.05, 0) is 81.9 Å². The van der Waals surface area contributed by atoms with E-state index in [1.54, 1.807) is 4.68 Å². The molecule has 4 aromatic rings. The molecule has 3 aromatic heterocycles. The summed E-state index contributed by atoms with van der Waals surface area (Å²) in [5.41, 5.74) is 2.62. The number of pyridine rings is 1. The van der Waals surface area contributed by atoms with Crippen molar-refractivity contribution in [3.63, 3.8) is 0 Å². The highest BCUT2D eigenvalue weighted by molar-refractivity contribution is 5.55. The van der Waals surface area contributed by atoms with Gasteiger partial charge in [0.1, 0.15) is 11.6 Å². The molecule has 1 saturated heterocycles. The van der Waals surface area contributed by atoms with E-state index in [-0.39, 0.29) is 23.4 Å². The van der Waals surface area contributed by atoms with Crippen molar-refractivity contribution in [3.05, 3.63) is 59.7 Å². The number of rotatable bonds is 6. The summed E-state index contributed by atoms with van der Waals surface area (Å²) in [5, 5.41) is 12.5. The molecular formula is C24H24F3N7O2. The van der Waals surface area contributed by atoms with Gasteiger partial charge in [0.25, 0.3) is 5.89 Å². The molecule has 1 aliphatic rings. The monoisotopic (exact) mass is 499 g/mol. The van der Waals surface area contributed by atoms with Crippen LogP contribution in [0.2, 0.25) is 0 Å². The smallest absolute Gasteiger partial charge is 0.413 e. The number of nitrogens with zero attached hydrogens (tertiary/aromatic N) is 7. The van der Waals surface area contributed by atoms with Gasteiger partial charge in [0.2, 0.25) is 11.7 Å². The first-order valence-corrected chi connectivity index (χ1v) is 11.5. The summed E-state index contributed by atoms with van der Waals surface area (Å²) in [6.45, 7) is 4.49. The number of alkyl halides is 3. The molecular weight excluding hydrogens is 475 g/mol. The van der Waals surface area contributed by atoms with Crippen LogP contribution < -0.4 is 4.74 Å². The van der Waals surface area contributed by atoms with Crippen molar-refractivity contribution < 1.29 is 22.3 Å². The van der Waals surface area contributed by atoms with Crippen LogP contribution in [-0.2, 0) is 6.54 Å². The van der Waals surface area contributed by atoms with Gasteiger partial charge >= 0.3 is 6.36 Å². The first-order valence-electron chi connectivity index (χ1n) is 11.5. The van der Waals surface area contributed by atoms with E-state index < -0.39 is 6.36 Å². The summed E-state index contributed by atoms with van der Waals surface area (Å²) in [7, 11) is 2.14. The number of likely N-dealkylation sites (tertiary alicyclic amines) is 1. The van der Waals surface area contributed by atoms with Crippen LogP contribution in [0.25, 0.3) is 23.2 Å². The Bertz CT molecular complexity index is 1330. The van der Waals surface area contributed by atoms with Gasteiger partial charge in [0.15, 0.2) is 0 Å². The quantitative estimate of drug-likeness (QED) is 0.384. The minimum absolute atomic E-state index is 0.115. The molecule has 0 atom stereocenters. The van der Waals surface area contributed by atoms with E-state index in [0.29, 0.717) is 23.9 Å². The van der Waals surface area contributed by atoms with Crippen LogP contribution in [0.4, 0.5) is 13.2 Å². The molecule has 9 nitrogen and oxygen atoms in total. The Hall–Kier alpha value is -3.80. The van der Waals surface area contributed by atoms with Gasteiger partial charge in [-0.1, -0.05) is 0 Å². The Kier molecular flexibility index (Phi) is 6.44. The highest BCUT2D eigenvalue weighted by atomic mass is 19.4. The van der Waals surface area contributed by atoms with Gasteiger partial charge in [0.05, 0.1) is 6.54 Å². The van der Waals surface area contributed by atoms with Gasteiger partial charge in [-0.2, -0.15) is 0 Å². The van der Waals surface area contributed by atoms with Crippen molar-refractivity contribution in [2.45, 2.75) is 38.6 Å². The summed E-state index contributed by atoms with van der Waals surface area (Å²) >= 11 is 0. The molecule has 12 heteroatoms. The number of hydrogen-bond acceptors (Lipinski definition) is 8. The first kappa shape index (κ1) is 23.9. The number of benzene rings is 1. The van der Waals surface area contributed by atoms with Crippen LogP contribution in [0.3, 0.4) is 0 Å². The Morgan fingerprint density at radius 1 is 1.06 bits per heavy atom. The molecule has 4 heterocycles. The van der Waals surface area contributed by atoms with Crippen LogP contribution in [0.15, 0.2) is 47.0 Å². The SMILES string of the molecule is Cc1nc(-c2nnc(-c3ccc(OC(F)(F)F)cc3)o2)nn1Cc1ccnc(C2CCN(C)CC2)c1. The van der Waals surface area contributed by atoms with Crippen LogP contribution in [0.1, 0.15) is 35.8 Å². The molecule has 1 aliphatic heterocycles. The molecule has 188 valence electrons. The van der Waals surface area contributed by atoms with Crippen molar-refractivity contribution in [2.75, 3.05) is 20.1 Å². The molecule has 1 fully saturated rings. The zero-order chi connectivity index (χ0) is 25.3. The fourth-order valence-electron chi connectivity index (χ4n) is 4.18. The van der Waals surface area contributed by atoms with E-state index >= 15 is 0 Å². The van der Waals surface area contributed by atoms with E-state index in [2.05, 4.69) is 48.0 Å². The van der Waals surface area contributed by atoms with Crippen molar-refractivity contribution >= 4 is 0 Å². The van der Waals surface area contributed by atoms with E-state index in [0.717, 1.165) is 37.2 Å². The summed E-state index contributed by atoms with van der Waals surface area (Å²) < 4.78 is 48.4. The molecule has 5 rings (SSSR count). The van der Waals surface area contributed by atoms with Gasteiger partial charge in [-0.25, -0.2) is 9.67 Å². The Morgan fingerprint density at radius 2 is 1.78 bits per heavy atom. The van der Waals surface area contributed by atoms with E-state index in [1.165, 1.54) is 24.3 Å². The summed E-state index contributed by atoms with van der Waals surface area (Å²) in [6, 6.07) is 9.27. The zero-order valence-corrected chi connectivity index (χ0v) is 19.7. The van der Waals surface area contributed by atoms with Gasteiger partial charge in [-0.15, -0.1) is 28.5 Å². The van der Waals surface area contributed by atoms with Crippen LogP contribution >= 0.6 is 0 Å². The van der Waals surface area contributed by atoms with E-state index in [9.17, 15) is 13.2 Å². The third-order valence-corrected chi connectivity index (χ3v) is 6.12. The van der Waals surface area contributed by atoms with E-state index in [1.807, 2.05) is 19.2 Å². The highest BCUT2D eigenvalue weighted by Gasteiger charge is 2.31. The number of piperidine rings is 1. The third kappa shape index (κ3) is 5.54. The maximum Gasteiger partial charge on any atom is 0.573 e. The number of hydrogen-bond donors (Lipinski definition) is 0. The van der Waals surface area contributed by atoms with Crippen LogP contribution in [0, 0.1) is 6.92 Å². The highest BCUT2D eigenvalue weighted by Crippen LogP contribution is 2.28. The van der Waals surface area contributed by atoms with Crippen LogP contribution in [0.5, 0.6) is 5.75 Å². The van der Waals surface area contributed by atoms with Crippen molar-refractivity contribution in [1.29, 1.82) is 0 Å². The van der Waals surface area contributed by atoms with Gasteiger partial charge < -0.3 is 14.1 Å². The molecule has 36 heavy (non-hydrogen) atoms. The van der Waals surface area contributed by atoms with Gasteiger partial charge in [-0.3, -0.25) is 4.98 Å². The maximum absolute atomic E-state index is 12.4. The van der Waals surface area contributed by atoms with Crippen molar-refractivity contribution in [3.8, 4) is 28.9 Å². The largest absolute Gasteiger partial charge is 0.573 e. The standard InChI is InChI=1S/C24H24F3N7O2/c1-15-29-21(23-31-30-22(35-23)18-3-5-19(6-4-18)36-24(25,26)27)32-34(15)14-16-7-10-28-20(13-16)17-8-11-33(2)12-9-17/h3-7,10,13,17H,8-9,11-12,14H2,1-2H3. The predicted molar refractivity (Wildman–Crippen MR) is 123 cm³/mol. The summed E-state index contributed by atoms with van der Waals surface area (Å²) in [4.78, 5) is 11.4. The Morgan fingerprint density at radius 3 is 2.50 bits per heavy atom. The first-order chi connectivity index (χ1) is 17.2. The number of ether oxygens (including phenoxy) is 1. The average Bonchev–Trinajstić information content (AvgIpc) is 3.47. The lowest BCUT2D eigenvalue weighted by atomic mass is 9.92. The second-order valence-corrected chi connectivity index (χ2v) is 8.79. The molecule has 0 aliphatic carbocycles.